The lowest BCUT2D eigenvalue weighted by Gasteiger charge is -2.13. The molecule has 10 heteroatoms. The van der Waals surface area contributed by atoms with Gasteiger partial charge in [0.25, 0.3) is 5.56 Å². The number of H-pyrrole nitrogens is 1. The number of aromatic amines is 1. The Hall–Kier alpha value is -3.40. The van der Waals surface area contributed by atoms with E-state index in [0.717, 1.165) is 0 Å². The lowest BCUT2D eigenvalue weighted by molar-refractivity contribution is -0.274. The molecule has 32 heavy (non-hydrogen) atoms. The molecule has 0 saturated carbocycles. The zero-order chi connectivity index (χ0) is 23.5. The molecular formula is C22H21F3N2O5. The highest BCUT2D eigenvalue weighted by atomic mass is 19.4. The first-order valence-corrected chi connectivity index (χ1v) is 9.76. The molecule has 1 heterocycles. The fourth-order valence-electron chi connectivity index (χ4n) is 3.22. The van der Waals surface area contributed by atoms with Gasteiger partial charge < -0.3 is 19.6 Å². The van der Waals surface area contributed by atoms with E-state index < -0.39 is 18.9 Å². The van der Waals surface area contributed by atoms with Gasteiger partial charge >= 0.3 is 12.3 Å². The molecular weight excluding hydrogens is 429 g/mol. The molecule has 7 nitrogen and oxygen atoms in total. The molecule has 1 aromatic heterocycles. The zero-order valence-corrected chi connectivity index (χ0v) is 17.3. The minimum absolute atomic E-state index is 0.111. The highest BCUT2D eigenvalue weighted by Crippen LogP contribution is 2.30. The molecule has 0 saturated heterocycles. The molecule has 3 aromatic rings. The van der Waals surface area contributed by atoms with Gasteiger partial charge in [-0.05, 0) is 47.4 Å². The molecule has 0 bridgehead atoms. The van der Waals surface area contributed by atoms with E-state index in [2.05, 4.69) is 14.7 Å². The second-order valence-corrected chi connectivity index (χ2v) is 7.41. The highest BCUT2D eigenvalue weighted by molar-refractivity contribution is 5.84. The Morgan fingerprint density at radius 2 is 1.84 bits per heavy atom. The van der Waals surface area contributed by atoms with Crippen molar-refractivity contribution in [1.29, 1.82) is 0 Å². The second-order valence-electron chi connectivity index (χ2n) is 7.41. The Kier molecular flexibility index (Phi) is 6.83. The van der Waals surface area contributed by atoms with Gasteiger partial charge in [0.05, 0.1) is 17.6 Å². The maximum Gasteiger partial charge on any atom is 0.573 e. The average molecular weight is 450 g/mol. The summed E-state index contributed by atoms with van der Waals surface area (Å²) >= 11 is 0. The van der Waals surface area contributed by atoms with Crippen molar-refractivity contribution in [3.8, 4) is 16.9 Å². The van der Waals surface area contributed by atoms with Crippen molar-refractivity contribution in [3.05, 3.63) is 58.0 Å². The van der Waals surface area contributed by atoms with Crippen molar-refractivity contribution in [2.75, 3.05) is 13.2 Å². The Morgan fingerprint density at radius 1 is 1.16 bits per heavy atom. The molecule has 2 aromatic carbocycles. The number of benzene rings is 2. The number of rotatable bonds is 8. The number of carboxylic acid groups (broad SMARTS) is 1. The van der Waals surface area contributed by atoms with Gasteiger partial charge in [-0.3, -0.25) is 4.79 Å². The normalized spacial score (nSPS) is 11.8. The largest absolute Gasteiger partial charge is 0.573 e. The van der Waals surface area contributed by atoms with Crippen LogP contribution >= 0.6 is 0 Å². The molecule has 0 atom stereocenters. The molecule has 0 aliphatic carbocycles. The summed E-state index contributed by atoms with van der Waals surface area (Å²) in [6.45, 7) is 3.36. The monoisotopic (exact) mass is 450 g/mol. The number of fused-ring (bicyclic) bond motifs is 1. The number of alkyl halides is 3. The topological polar surface area (TPSA) is 102 Å². The van der Waals surface area contributed by atoms with Crippen LogP contribution < -0.4 is 10.3 Å². The summed E-state index contributed by atoms with van der Waals surface area (Å²) in [6, 6.07) is 8.83. The third-order valence-corrected chi connectivity index (χ3v) is 4.61. The van der Waals surface area contributed by atoms with Gasteiger partial charge in [0.2, 0.25) is 0 Å². The van der Waals surface area contributed by atoms with Crippen LogP contribution in [0.15, 0.2) is 41.2 Å². The van der Waals surface area contributed by atoms with Crippen molar-refractivity contribution in [3.63, 3.8) is 0 Å². The number of aliphatic carboxylic acids is 1. The number of nitrogens with zero attached hydrogens (tertiary/aromatic N) is 1. The molecule has 170 valence electrons. The quantitative estimate of drug-likeness (QED) is 0.498. The predicted molar refractivity (Wildman–Crippen MR) is 111 cm³/mol. The number of aromatic nitrogens is 2. The molecule has 0 spiro atoms. The summed E-state index contributed by atoms with van der Waals surface area (Å²) in [4.78, 5) is 30.4. The first-order valence-electron chi connectivity index (χ1n) is 9.76. The summed E-state index contributed by atoms with van der Waals surface area (Å²) in [6.07, 6.45) is -4.46. The molecule has 0 aliphatic rings. The lowest BCUT2D eigenvalue weighted by Crippen LogP contribution is -2.17. The Morgan fingerprint density at radius 3 is 2.44 bits per heavy atom. The van der Waals surface area contributed by atoms with Crippen molar-refractivity contribution in [1.82, 2.24) is 9.97 Å². The predicted octanol–water partition coefficient (Wildman–Crippen LogP) is 4.26. The second kappa shape index (κ2) is 9.39. The van der Waals surface area contributed by atoms with Crippen LogP contribution in [0.2, 0.25) is 0 Å². The third kappa shape index (κ3) is 5.85. The standard InChI is InChI=1S/C22H21F3N2O5/c1-12(2)19-21(30)26-17-10-15(13-3-5-16(6-4-13)32-22(23,24)25)9-14(20(17)27-19)7-8-31-11-18(28)29/h3-6,9-10,12H,7-8,11H2,1-2H3,(H,26,30)(H,28,29). The van der Waals surface area contributed by atoms with Crippen LogP contribution in [0.1, 0.15) is 31.0 Å². The molecule has 3 rings (SSSR count). The van der Waals surface area contributed by atoms with Crippen LogP contribution in [0, 0.1) is 0 Å². The molecule has 2 N–H and O–H groups in total. The molecule has 0 amide bonds. The fourth-order valence-corrected chi connectivity index (χ4v) is 3.22. The Balaban J connectivity index is 2.02. The van der Waals surface area contributed by atoms with Gasteiger partial charge in [0.1, 0.15) is 18.1 Å². The minimum atomic E-state index is -4.78. The van der Waals surface area contributed by atoms with Crippen LogP contribution in [-0.4, -0.2) is 40.6 Å². The highest BCUT2D eigenvalue weighted by Gasteiger charge is 2.31. The Labute approximate surface area is 180 Å². The maximum absolute atomic E-state index is 12.4. The first-order chi connectivity index (χ1) is 15.0. The van der Waals surface area contributed by atoms with Crippen LogP contribution in [0.5, 0.6) is 5.75 Å². The summed E-state index contributed by atoms with van der Waals surface area (Å²) in [5.74, 6) is -1.55. The summed E-state index contributed by atoms with van der Waals surface area (Å²) < 4.78 is 46.3. The minimum Gasteiger partial charge on any atom is -0.480 e. The van der Waals surface area contributed by atoms with Crippen LogP contribution in [0.25, 0.3) is 22.2 Å². The lowest BCUT2D eigenvalue weighted by atomic mass is 9.99. The van der Waals surface area contributed by atoms with Gasteiger partial charge in [0.15, 0.2) is 0 Å². The van der Waals surface area contributed by atoms with Crippen LogP contribution in [0.4, 0.5) is 13.2 Å². The van der Waals surface area contributed by atoms with Crippen molar-refractivity contribution in [2.45, 2.75) is 32.5 Å². The van der Waals surface area contributed by atoms with E-state index in [0.29, 0.717) is 39.8 Å². The number of hydrogen-bond donors (Lipinski definition) is 2. The number of carbonyl (C=O) groups is 1. The van der Waals surface area contributed by atoms with Gasteiger partial charge in [0, 0.05) is 5.92 Å². The van der Waals surface area contributed by atoms with Gasteiger partial charge in [-0.1, -0.05) is 26.0 Å². The molecule has 0 aliphatic heterocycles. The smallest absolute Gasteiger partial charge is 0.480 e. The van der Waals surface area contributed by atoms with Gasteiger partial charge in [-0.25, -0.2) is 9.78 Å². The van der Waals surface area contributed by atoms with E-state index >= 15 is 0 Å². The number of halogens is 3. The van der Waals surface area contributed by atoms with E-state index in [4.69, 9.17) is 9.84 Å². The van der Waals surface area contributed by atoms with Crippen LogP contribution in [0.3, 0.4) is 0 Å². The zero-order valence-electron chi connectivity index (χ0n) is 17.3. The number of carboxylic acids is 1. The van der Waals surface area contributed by atoms with E-state index in [-0.39, 0.29) is 23.8 Å². The van der Waals surface area contributed by atoms with E-state index in [1.807, 2.05) is 13.8 Å². The van der Waals surface area contributed by atoms with E-state index in [1.54, 1.807) is 12.1 Å². The SMILES string of the molecule is CC(C)c1nc2c(CCOCC(=O)O)cc(-c3ccc(OC(F)(F)F)cc3)cc2[nH]c1=O. The summed E-state index contributed by atoms with van der Waals surface area (Å²) in [5, 5.41) is 8.74. The fraction of sp³-hybridized carbons (Fsp3) is 0.318. The number of nitrogens with one attached hydrogen (secondary N) is 1. The maximum atomic E-state index is 12.4. The number of hydrogen-bond acceptors (Lipinski definition) is 5. The van der Waals surface area contributed by atoms with Gasteiger partial charge in [-0.2, -0.15) is 0 Å². The number of ether oxygens (including phenoxy) is 2. The third-order valence-electron chi connectivity index (χ3n) is 4.61. The molecule has 0 radical (unpaired) electrons. The molecule has 0 unspecified atom stereocenters. The average Bonchev–Trinajstić information content (AvgIpc) is 2.69. The van der Waals surface area contributed by atoms with Crippen molar-refractivity contribution < 1.29 is 32.5 Å². The van der Waals surface area contributed by atoms with E-state index in [9.17, 15) is 22.8 Å². The first kappa shape index (κ1) is 23.3. The van der Waals surface area contributed by atoms with Gasteiger partial charge in [-0.15, -0.1) is 13.2 Å². The molecule has 0 fully saturated rings. The Bertz CT molecular complexity index is 1170. The van der Waals surface area contributed by atoms with Crippen LogP contribution in [-0.2, 0) is 16.0 Å². The summed E-state index contributed by atoms with van der Waals surface area (Å²) in [7, 11) is 0. The van der Waals surface area contributed by atoms with Crippen molar-refractivity contribution in [2.24, 2.45) is 0 Å². The van der Waals surface area contributed by atoms with E-state index in [1.165, 1.54) is 24.3 Å². The summed E-state index contributed by atoms with van der Waals surface area (Å²) in [5.41, 5.74) is 2.99. The van der Waals surface area contributed by atoms with Crippen molar-refractivity contribution >= 4 is 17.0 Å².